The van der Waals surface area contributed by atoms with Gasteiger partial charge in [0, 0.05) is 5.69 Å². The number of nitrogens with one attached hydrogen (secondary N) is 1. The van der Waals surface area contributed by atoms with Crippen molar-refractivity contribution in [3.8, 4) is 6.07 Å². The average molecular weight is 472 g/mol. The predicted molar refractivity (Wildman–Crippen MR) is 133 cm³/mol. The van der Waals surface area contributed by atoms with Gasteiger partial charge in [0.2, 0.25) is 5.91 Å². The molecule has 0 radical (unpaired) electrons. The van der Waals surface area contributed by atoms with Crippen molar-refractivity contribution in [3.63, 3.8) is 0 Å². The van der Waals surface area contributed by atoms with Gasteiger partial charge in [0.25, 0.3) is 5.91 Å². The average Bonchev–Trinajstić information content (AvgIpc) is 3.45. The standard InChI is InChI=1S/C27H25N3O3S/c1-17-6-9-20(10-7-17)14-24-26(32)30(21-11-8-18(2)19(3)13-21)27(34-24)23(15-28)25(31)29-16-22-5-4-12-33-22/h4-13,24H,14,16H2,1-3H3,(H,29,31)/b27-23-. The third-order valence-corrected chi connectivity index (χ3v) is 7.06. The van der Waals surface area contributed by atoms with Crippen molar-refractivity contribution >= 4 is 29.3 Å². The maximum Gasteiger partial charge on any atom is 0.265 e. The molecule has 1 N–H and O–H groups in total. The van der Waals surface area contributed by atoms with E-state index in [0.29, 0.717) is 22.9 Å². The quantitative estimate of drug-likeness (QED) is 0.406. The number of benzene rings is 2. The summed E-state index contributed by atoms with van der Waals surface area (Å²) in [7, 11) is 0. The first-order valence-electron chi connectivity index (χ1n) is 11.0. The lowest BCUT2D eigenvalue weighted by Crippen LogP contribution is -2.32. The molecule has 2 heterocycles. The number of furan rings is 1. The second-order valence-corrected chi connectivity index (χ2v) is 9.48. The Kier molecular flexibility index (Phi) is 6.90. The largest absolute Gasteiger partial charge is 0.467 e. The Bertz CT molecular complexity index is 1290. The number of nitrogens with zero attached hydrogens (tertiary/aromatic N) is 2. The highest BCUT2D eigenvalue weighted by molar-refractivity contribution is 8.05. The lowest BCUT2D eigenvalue weighted by molar-refractivity contribution is -0.117. The van der Waals surface area contributed by atoms with Gasteiger partial charge in [-0.05, 0) is 68.1 Å². The van der Waals surface area contributed by atoms with E-state index in [1.54, 1.807) is 12.1 Å². The molecule has 1 aliphatic heterocycles. The second-order valence-electron chi connectivity index (χ2n) is 8.29. The molecule has 7 heteroatoms. The fraction of sp³-hybridized carbons (Fsp3) is 0.222. The Morgan fingerprint density at radius 2 is 1.88 bits per heavy atom. The van der Waals surface area contributed by atoms with E-state index >= 15 is 0 Å². The van der Waals surface area contributed by atoms with E-state index in [-0.39, 0.29) is 18.0 Å². The molecule has 1 aromatic heterocycles. The van der Waals surface area contributed by atoms with Crippen LogP contribution >= 0.6 is 11.8 Å². The summed E-state index contributed by atoms with van der Waals surface area (Å²) in [4.78, 5) is 28.1. The van der Waals surface area contributed by atoms with Crippen LogP contribution in [0.15, 0.2) is 75.9 Å². The number of amides is 2. The fourth-order valence-electron chi connectivity index (χ4n) is 3.69. The minimum absolute atomic E-state index is 0.0884. The number of rotatable bonds is 6. The number of thioether (sulfide) groups is 1. The van der Waals surface area contributed by atoms with Gasteiger partial charge in [-0.15, -0.1) is 0 Å². The zero-order valence-corrected chi connectivity index (χ0v) is 20.1. The van der Waals surface area contributed by atoms with Crippen molar-refractivity contribution < 1.29 is 14.0 Å². The van der Waals surface area contributed by atoms with E-state index in [1.807, 2.05) is 69.3 Å². The molecular weight excluding hydrogens is 446 g/mol. The molecule has 34 heavy (non-hydrogen) atoms. The van der Waals surface area contributed by atoms with Crippen molar-refractivity contribution in [1.82, 2.24) is 5.32 Å². The molecule has 0 saturated carbocycles. The van der Waals surface area contributed by atoms with Crippen molar-refractivity contribution in [1.29, 1.82) is 5.26 Å². The summed E-state index contributed by atoms with van der Waals surface area (Å²) in [5, 5.41) is 12.6. The van der Waals surface area contributed by atoms with E-state index in [0.717, 1.165) is 22.3 Å². The minimum Gasteiger partial charge on any atom is -0.467 e. The Morgan fingerprint density at radius 3 is 2.53 bits per heavy atom. The van der Waals surface area contributed by atoms with Gasteiger partial charge in [-0.3, -0.25) is 14.5 Å². The van der Waals surface area contributed by atoms with Crippen LogP contribution in [-0.2, 0) is 22.6 Å². The molecule has 0 spiro atoms. The first kappa shape index (κ1) is 23.4. The second kappa shape index (κ2) is 10.0. The Morgan fingerprint density at radius 1 is 1.12 bits per heavy atom. The summed E-state index contributed by atoms with van der Waals surface area (Å²) in [5.74, 6) is -0.108. The van der Waals surface area contributed by atoms with Crippen molar-refractivity contribution in [2.24, 2.45) is 0 Å². The molecule has 1 aliphatic rings. The molecule has 4 rings (SSSR count). The molecule has 2 aromatic carbocycles. The van der Waals surface area contributed by atoms with E-state index in [4.69, 9.17) is 4.42 Å². The third kappa shape index (κ3) is 4.92. The summed E-state index contributed by atoms with van der Waals surface area (Å²) >= 11 is 1.26. The van der Waals surface area contributed by atoms with E-state index in [2.05, 4.69) is 5.32 Å². The number of nitriles is 1. The lowest BCUT2D eigenvalue weighted by Gasteiger charge is -2.20. The summed E-state index contributed by atoms with van der Waals surface area (Å²) in [6.45, 7) is 6.14. The topological polar surface area (TPSA) is 86.3 Å². The number of hydrogen-bond donors (Lipinski definition) is 1. The van der Waals surface area contributed by atoms with Crippen LogP contribution < -0.4 is 10.2 Å². The zero-order chi connectivity index (χ0) is 24.2. The molecule has 1 saturated heterocycles. The summed E-state index contributed by atoms with van der Waals surface area (Å²) in [6.07, 6.45) is 2.02. The summed E-state index contributed by atoms with van der Waals surface area (Å²) in [5.41, 5.74) is 4.85. The van der Waals surface area contributed by atoms with Crippen LogP contribution in [0.4, 0.5) is 5.69 Å². The van der Waals surface area contributed by atoms with Crippen LogP contribution in [0.1, 0.15) is 28.0 Å². The minimum atomic E-state index is -0.543. The van der Waals surface area contributed by atoms with E-state index < -0.39 is 11.2 Å². The van der Waals surface area contributed by atoms with Gasteiger partial charge in [-0.25, -0.2) is 0 Å². The molecule has 0 bridgehead atoms. The van der Waals surface area contributed by atoms with Crippen LogP contribution in [0, 0.1) is 32.1 Å². The number of carbonyl (C=O) groups is 2. The highest BCUT2D eigenvalue weighted by Crippen LogP contribution is 2.42. The normalized spacial score (nSPS) is 16.9. The molecular formula is C27H25N3O3S. The molecule has 1 atom stereocenters. The van der Waals surface area contributed by atoms with Gasteiger partial charge in [-0.2, -0.15) is 5.26 Å². The molecule has 2 amide bonds. The molecule has 172 valence electrons. The predicted octanol–water partition coefficient (Wildman–Crippen LogP) is 4.95. The van der Waals surface area contributed by atoms with Gasteiger partial charge in [0.05, 0.1) is 18.1 Å². The van der Waals surface area contributed by atoms with Crippen LogP contribution in [-0.4, -0.2) is 17.1 Å². The zero-order valence-electron chi connectivity index (χ0n) is 19.3. The number of anilines is 1. The SMILES string of the molecule is Cc1ccc(CC2S/C(=C(/C#N)C(=O)NCc3ccco3)N(c3ccc(C)c(C)c3)C2=O)cc1. The van der Waals surface area contributed by atoms with E-state index in [9.17, 15) is 14.9 Å². The van der Waals surface area contributed by atoms with Crippen LogP contribution in [0.5, 0.6) is 0 Å². The van der Waals surface area contributed by atoms with Gasteiger partial charge in [0.15, 0.2) is 0 Å². The van der Waals surface area contributed by atoms with Crippen molar-refractivity contribution in [3.05, 3.63) is 99.5 Å². The maximum absolute atomic E-state index is 13.6. The molecule has 3 aromatic rings. The first-order valence-corrected chi connectivity index (χ1v) is 11.8. The summed E-state index contributed by atoms with van der Waals surface area (Å²) < 4.78 is 5.26. The monoisotopic (exact) mass is 471 g/mol. The Hall–Kier alpha value is -3.76. The lowest BCUT2D eigenvalue weighted by atomic mass is 10.1. The van der Waals surface area contributed by atoms with Crippen LogP contribution in [0.2, 0.25) is 0 Å². The highest BCUT2D eigenvalue weighted by Gasteiger charge is 2.40. The molecule has 6 nitrogen and oxygen atoms in total. The molecule has 1 fully saturated rings. The van der Waals surface area contributed by atoms with E-state index in [1.165, 1.54) is 22.9 Å². The molecule has 0 aliphatic carbocycles. The molecule has 1 unspecified atom stereocenters. The van der Waals surface area contributed by atoms with Gasteiger partial charge < -0.3 is 9.73 Å². The fourth-order valence-corrected chi connectivity index (χ4v) is 5.00. The van der Waals surface area contributed by atoms with Crippen molar-refractivity contribution in [2.75, 3.05) is 4.90 Å². The van der Waals surface area contributed by atoms with Gasteiger partial charge in [-0.1, -0.05) is 47.7 Å². The number of carbonyl (C=O) groups excluding carboxylic acids is 2. The Labute approximate surface area is 203 Å². The third-order valence-electron chi connectivity index (χ3n) is 5.80. The Balaban J connectivity index is 1.70. The number of hydrogen-bond acceptors (Lipinski definition) is 5. The van der Waals surface area contributed by atoms with Crippen LogP contribution in [0.25, 0.3) is 0 Å². The smallest absolute Gasteiger partial charge is 0.265 e. The number of aryl methyl sites for hydroxylation is 3. The van der Waals surface area contributed by atoms with Gasteiger partial charge >= 0.3 is 0 Å². The summed E-state index contributed by atoms with van der Waals surface area (Å²) in [6, 6.07) is 19.3. The van der Waals surface area contributed by atoms with Crippen molar-refractivity contribution in [2.45, 2.75) is 39.0 Å². The first-order chi connectivity index (χ1) is 16.4. The van der Waals surface area contributed by atoms with Crippen LogP contribution in [0.3, 0.4) is 0 Å². The van der Waals surface area contributed by atoms with Gasteiger partial charge in [0.1, 0.15) is 22.4 Å². The maximum atomic E-state index is 13.6. The highest BCUT2D eigenvalue weighted by atomic mass is 32.2.